The maximum absolute atomic E-state index is 13.3. The first-order valence-electron chi connectivity index (χ1n) is 8.82. The standard InChI is InChI=1S/C21H14F6O4S/c1-11-7-17(28)18(19(31-11)12-3-5-16(6-4-12)32(2,29)30)13-8-14(20(22,23)24)10-15(9-13)21(25,26)27/h3-10H,1-2H3. The number of hydrogen-bond donors (Lipinski definition) is 0. The third-order valence-corrected chi connectivity index (χ3v) is 5.62. The molecule has 11 heteroatoms. The summed E-state index contributed by atoms with van der Waals surface area (Å²) in [6.45, 7) is 1.38. The summed E-state index contributed by atoms with van der Waals surface area (Å²) in [6, 6.07) is 6.63. The molecule has 0 N–H and O–H groups in total. The normalized spacial score (nSPS) is 12.8. The Bertz CT molecular complexity index is 1300. The zero-order chi connectivity index (χ0) is 24.1. The van der Waals surface area contributed by atoms with Gasteiger partial charge in [0.1, 0.15) is 11.5 Å². The van der Waals surface area contributed by atoms with E-state index >= 15 is 0 Å². The summed E-state index contributed by atoms with van der Waals surface area (Å²) < 4.78 is 108. The van der Waals surface area contributed by atoms with Crippen molar-refractivity contribution in [3.05, 3.63) is 75.6 Å². The van der Waals surface area contributed by atoms with E-state index in [1.807, 2.05) is 0 Å². The third kappa shape index (κ3) is 4.87. The molecule has 0 saturated carbocycles. The maximum atomic E-state index is 13.3. The van der Waals surface area contributed by atoms with Gasteiger partial charge in [-0.05, 0) is 55.0 Å². The van der Waals surface area contributed by atoms with E-state index in [4.69, 9.17) is 4.42 Å². The zero-order valence-electron chi connectivity index (χ0n) is 16.4. The van der Waals surface area contributed by atoms with E-state index in [2.05, 4.69) is 0 Å². The summed E-state index contributed by atoms with van der Waals surface area (Å²) in [4.78, 5) is 12.6. The highest BCUT2D eigenvalue weighted by molar-refractivity contribution is 7.90. The Labute approximate surface area is 178 Å². The van der Waals surface area contributed by atoms with Crippen molar-refractivity contribution in [3.63, 3.8) is 0 Å². The molecule has 32 heavy (non-hydrogen) atoms. The Hall–Kier alpha value is -3.08. The van der Waals surface area contributed by atoms with E-state index in [-0.39, 0.29) is 28.0 Å². The van der Waals surface area contributed by atoms with Gasteiger partial charge in [0.2, 0.25) is 0 Å². The minimum absolute atomic E-state index is 0.0418. The fourth-order valence-corrected chi connectivity index (χ4v) is 3.67. The molecule has 0 saturated heterocycles. The summed E-state index contributed by atoms with van der Waals surface area (Å²) in [5, 5.41) is 0. The molecule has 3 aromatic rings. The third-order valence-electron chi connectivity index (χ3n) is 4.49. The number of benzene rings is 2. The molecule has 0 bridgehead atoms. The van der Waals surface area contributed by atoms with Crippen molar-refractivity contribution < 1.29 is 39.2 Å². The van der Waals surface area contributed by atoms with Crippen LogP contribution in [0.2, 0.25) is 0 Å². The van der Waals surface area contributed by atoms with Crippen LogP contribution in [-0.2, 0) is 22.2 Å². The highest BCUT2D eigenvalue weighted by atomic mass is 32.2. The second-order valence-corrected chi connectivity index (χ2v) is 9.03. The highest BCUT2D eigenvalue weighted by Gasteiger charge is 2.37. The summed E-state index contributed by atoms with van der Waals surface area (Å²) >= 11 is 0. The summed E-state index contributed by atoms with van der Waals surface area (Å²) in [5.41, 5.74) is -5.08. The van der Waals surface area contributed by atoms with Gasteiger partial charge < -0.3 is 4.42 Å². The van der Waals surface area contributed by atoms with Gasteiger partial charge in [-0.15, -0.1) is 0 Å². The van der Waals surface area contributed by atoms with Crippen LogP contribution >= 0.6 is 0 Å². The molecule has 3 rings (SSSR count). The van der Waals surface area contributed by atoms with Crippen LogP contribution in [0.3, 0.4) is 0 Å². The van der Waals surface area contributed by atoms with Gasteiger partial charge in [0, 0.05) is 17.9 Å². The van der Waals surface area contributed by atoms with E-state index in [1.165, 1.54) is 31.2 Å². The predicted molar refractivity (Wildman–Crippen MR) is 104 cm³/mol. The van der Waals surface area contributed by atoms with Gasteiger partial charge in [0.15, 0.2) is 15.3 Å². The molecule has 170 valence electrons. The lowest BCUT2D eigenvalue weighted by molar-refractivity contribution is -0.143. The number of halogens is 6. The SMILES string of the molecule is Cc1cc(=O)c(-c2cc(C(F)(F)F)cc(C(F)(F)F)c2)c(-c2ccc(S(C)(=O)=O)cc2)o1. The van der Waals surface area contributed by atoms with Crippen molar-refractivity contribution in [2.24, 2.45) is 0 Å². The van der Waals surface area contributed by atoms with Gasteiger partial charge in [-0.2, -0.15) is 26.3 Å². The predicted octanol–water partition coefficient (Wildman–Crippen LogP) is 5.72. The molecule has 0 spiro atoms. The summed E-state index contributed by atoms with van der Waals surface area (Å²) in [5.74, 6) is -0.230. The van der Waals surface area contributed by atoms with Crippen LogP contribution in [0.15, 0.2) is 62.6 Å². The van der Waals surface area contributed by atoms with Gasteiger partial charge in [0.25, 0.3) is 0 Å². The number of aryl methyl sites for hydroxylation is 1. The average molecular weight is 476 g/mol. The van der Waals surface area contributed by atoms with Crippen molar-refractivity contribution in [1.29, 1.82) is 0 Å². The van der Waals surface area contributed by atoms with Crippen molar-refractivity contribution >= 4 is 9.84 Å². The highest BCUT2D eigenvalue weighted by Crippen LogP contribution is 2.40. The van der Waals surface area contributed by atoms with Crippen LogP contribution in [0.4, 0.5) is 26.3 Å². The molecule has 0 aliphatic heterocycles. The Morgan fingerprint density at radius 3 is 1.72 bits per heavy atom. The van der Waals surface area contributed by atoms with Crippen LogP contribution in [0.25, 0.3) is 22.5 Å². The molecule has 2 aromatic carbocycles. The molecule has 0 amide bonds. The molecule has 0 radical (unpaired) electrons. The van der Waals surface area contributed by atoms with Gasteiger partial charge in [-0.25, -0.2) is 8.42 Å². The summed E-state index contributed by atoms with van der Waals surface area (Å²) in [7, 11) is -3.57. The Morgan fingerprint density at radius 1 is 0.781 bits per heavy atom. The monoisotopic (exact) mass is 476 g/mol. The Kier molecular flexibility index (Phi) is 5.75. The molecule has 0 atom stereocenters. The molecule has 0 fully saturated rings. The number of hydrogen-bond acceptors (Lipinski definition) is 4. The summed E-state index contributed by atoms with van der Waals surface area (Å²) in [6.07, 6.45) is -9.24. The van der Waals surface area contributed by atoms with Crippen LogP contribution in [0, 0.1) is 6.92 Å². The minimum atomic E-state index is -5.10. The lowest BCUT2D eigenvalue weighted by Crippen LogP contribution is -2.13. The Morgan fingerprint density at radius 2 is 1.28 bits per heavy atom. The fourth-order valence-electron chi connectivity index (χ4n) is 3.04. The van der Waals surface area contributed by atoms with Gasteiger partial charge in [-0.1, -0.05) is 0 Å². The first-order valence-corrected chi connectivity index (χ1v) is 10.7. The number of sulfone groups is 1. The van der Waals surface area contributed by atoms with Crippen molar-refractivity contribution in [1.82, 2.24) is 0 Å². The zero-order valence-corrected chi connectivity index (χ0v) is 17.2. The van der Waals surface area contributed by atoms with Crippen molar-refractivity contribution in [2.45, 2.75) is 24.2 Å². The first-order chi connectivity index (χ1) is 14.6. The molecule has 1 aromatic heterocycles. The molecule has 0 aliphatic carbocycles. The molecule has 1 heterocycles. The second-order valence-electron chi connectivity index (χ2n) is 7.02. The lowest BCUT2D eigenvalue weighted by atomic mass is 9.95. The van der Waals surface area contributed by atoms with Gasteiger partial charge in [-0.3, -0.25) is 4.79 Å². The van der Waals surface area contributed by atoms with Gasteiger partial charge in [0.05, 0.1) is 21.6 Å². The smallest absolute Gasteiger partial charge is 0.416 e. The van der Waals surface area contributed by atoms with Crippen molar-refractivity contribution in [3.8, 4) is 22.5 Å². The minimum Gasteiger partial charge on any atom is -0.460 e. The van der Waals surface area contributed by atoms with E-state index in [1.54, 1.807) is 0 Å². The first kappa shape index (κ1) is 23.6. The van der Waals surface area contributed by atoms with E-state index in [9.17, 15) is 39.6 Å². The number of rotatable bonds is 3. The van der Waals surface area contributed by atoms with Crippen LogP contribution in [0.5, 0.6) is 0 Å². The van der Waals surface area contributed by atoms with E-state index < -0.39 is 49.9 Å². The topological polar surface area (TPSA) is 64.3 Å². The van der Waals surface area contributed by atoms with E-state index in [0.717, 1.165) is 12.3 Å². The fraction of sp³-hybridized carbons (Fsp3) is 0.190. The molecular formula is C21H14F6O4S. The van der Waals surface area contributed by atoms with Crippen LogP contribution < -0.4 is 5.43 Å². The molecular weight excluding hydrogens is 462 g/mol. The van der Waals surface area contributed by atoms with E-state index in [0.29, 0.717) is 12.1 Å². The molecule has 0 aliphatic rings. The van der Waals surface area contributed by atoms with Crippen molar-refractivity contribution in [2.75, 3.05) is 6.26 Å². The average Bonchev–Trinajstić information content (AvgIpc) is 2.65. The maximum Gasteiger partial charge on any atom is 0.416 e. The molecule has 4 nitrogen and oxygen atoms in total. The largest absolute Gasteiger partial charge is 0.460 e. The quantitative estimate of drug-likeness (QED) is 0.454. The van der Waals surface area contributed by atoms with Crippen LogP contribution in [-0.4, -0.2) is 14.7 Å². The van der Waals surface area contributed by atoms with Gasteiger partial charge >= 0.3 is 12.4 Å². The molecule has 0 unspecified atom stereocenters. The van der Waals surface area contributed by atoms with Crippen LogP contribution in [0.1, 0.15) is 16.9 Å². The number of alkyl halides is 6. The second kappa shape index (κ2) is 7.80. The Balaban J connectivity index is 2.34. The lowest BCUT2D eigenvalue weighted by Gasteiger charge is -2.16.